The van der Waals surface area contributed by atoms with Crippen molar-refractivity contribution >= 4 is 28.5 Å². The van der Waals surface area contributed by atoms with Gasteiger partial charge in [-0.15, -0.1) is 0 Å². The average molecular weight is 683 g/mol. The molecule has 45 heavy (non-hydrogen) atoms. The molecule has 3 aliphatic rings. The molecule has 0 fully saturated rings. The summed E-state index contributed by atoms with van der Waals surface area (Å²) in [6.45, 7) is 5.51. The fraction of sp³-hybridized carbons (Fsp3) is 0.486. The van der Waals surface area contributed by atoms with Crippen LogP contribution in [0.5, 0.6) is 11.5 Å². The van der Waals surface area contributed by atoms with Crippen LogP contribution in [0, 0.1) is 5.92 Å². The molecule has 4 heterocycles. The van der Waals surface area contributed by atoms with Crippen LogP contribution in [0.15, 0.2) is 42.0 Å². The third kappa shape index (κ3) is 5.29. The Kier molecular flexibility index (Phi) is 9.29. The van der Waals surface area contributed by atoms with E-state index in [1.807, 2.05) is 18.2 Å². The first-order valence-corrected chi connectivity index (χ1v) is 15.5. The van der Waals surface area contributed by atoms with Gasteiger partial charge in [-0.3, -0.25) is 4.79 Å². The molecule has 0 spiro atoms. The number of likely N-dealkylation sites (N-methyl/N-ethyl adjacent to an activating group) is 1. The molecular formula is C35H44BrN3O6. The van der Waals surface area contributed by atoms with Crippen LogP contribution in [-0.4, -0.2) is 89.6 Å². The predicted octanol–water partition coefficient (Wildman–Crippen LogP) is 1.54. The number of aromatic nitrogens is 1. The minimum absolute atomic E-state index is 0. The van der Waals surface area contributed by atoms with Crippen LogP contribution in [0.1, 0.15) is 42.1 Å². The van der Waals surface area contributed by atoms with E-state index in [9.17, 15) is 9.59 Å². The quantitative estimate of drug-likeness (QED) is 0.230. The monoisotopic (exact) mass is 681 g/mol. The molecule has 3 aliphatic heterocycles. The third-order valence-corrected chi connectivity index (χ3v) is 10.2. The largest absolute Gasteiger partial charge is 1.00 e. The Morgan fingerprint density at radius 2 is 1.84 bits per heavy atom. The second kappa shape index (κ2) is 12.7. The van der Waals surface area contributed by atoms with Gasteiger partial charge in [0.05, 0.1) is 47.1 Å². The number of nitrogens with one attached hydrogen (secondary N) is 1. The number of esters is 2. The molecule has 2 aromatic carbocycles. The normalized spacial score (nSPS) is 23.8. The van der Waals surface area contributed by atoms with Crippen LogP contribution in [0.4, 0.5) is 5.69 Å². The molecule has 242 valence electrons. The lowest BCUT2D eigenvalue weighted by Crippen LogP contribution is -3.00. The van der Waals surface area contributed by atoms with Crippen LogP contribution in [-0.2, 0) is 37.3 Å². The first-order chi connectivity index (χ1) is 21.2. The third-order valence-electron chi connectivity index (χ3n) is 10.2. The number of aromatic amines is 1. The van der Waals surface area contributed by atoms with Gasteiger partial charge in [0.25, 0.3) is 0 Å². The summed E-state index contributed by atoms with van der Waals surface area (Å²) in [6, 6.07) is 10.2. The predicted molar refractivity (Wildman–Crippen MR) is 170 cm³/mol. The summed E-state index contributed by atoms with van der Waals surface area (Å²) in [5, 5.41) is 1.06. The maximum absolute atomic E-state index is 14.8. The van der Waals surface area contributed by atoms with Gasteiger partial charge in [0.15, 0.2) is 6.54 Å². The topological polar surface area (TPSA) is 90.1 Å². The lowest BCUT2D eigenvalue weighted by Gasteiger charge is -2.44. The molecule has 1 N–H and O–H groups in total. The number of halogens is 1. The lowest BCUT2D eigenvalue weighted by atomic mass is 9.68. The highest BCUT2D eigenvalue weighted by molar-refractivity contribution is 5.95. The number of H-pyrrole nitrogens is 1. The Morgan fingerprint density at radius 3 is 2.53 bits per heavy atom. The van der Waals surface area contributed by atoms with Gasteiger partial charge >= 0.3 is 11.9 Å². The van der Waals surface area contributed by atoms with E-state index in [4.69, 9.17) is 18.9 Å². The minimum atomic E-state index is -1.28. The first kappa shape index (κ1) is 32.9. The zero-order chi connectivity index (χ0) is 31.2. The van der Waals surface area contributed by atoms with Crippen LogP contribution < -0.4 is 31.4 Å². The van der Waals surface area contributed by atoms with E-state index in [2.05, 4.69) is 42.1 Å². The van der Waals surface area contributed by atoms with Crippen molar-refractivity contribution in [3.63, 3.8) is 0 Å². The van der Waals surface area contributed by atoms with Gasteiger partial charge < -0.3 is 50.3 Å². The van der Waals surface area contributed by atoms with Gasteiger partial charge in [-0.05, 0) is 36.5 Å². The summed E-state index contributed by atoms with van der Waals surface area (Å²) in [7, 11) is 8.31. The molecule has 3 aromatic rings. The SMILES string of the molecule is CCC1=C[C@H]2C[C@](C(=O)OC)(c3c(OC)cc4c(c3OC)CCN4C)c3[nH]c4ccccc4c3CC[N+](CC(=O)OC)(C1)C2.[Br-]. The number of carbonyl (C=O) groups is 2. The fourth-order valence-electron chi connectivity index (χ4n) is 8.29. The molecule has 0 saturated heterocycles. The van der Waals surface area contributed by atoms with E-state index in [-0.39, 0.29) is 41.4 Å². The standard InChI is InChI=1S/C35H44N3O6.BrH/c1-7-22-16-23-18-35(34(40)44-6,31-29(41-3)17-28-26(32(31)43-5)12-14-37(28)2)33-25(24-10-8-9-11-27(24)36-33)13-15-38(19-22,20-23)21-30(39)42-4;/h8-11,16-17,23,36H,7,12-15,18-21H2,1-6H3;1H/q+1;/p-1/t23-,35-,38?;/m0./s1. The van der Waals surface area contributed by atoms with Crippen LogP contribution in [0.2, 0.25) is 0 Å². The van der Waals surface area contributed by atoms with Crippen LogP contribution >= 0.6 is 0 Å². The van der Waals surface area contributed by atoms with E-state index in [1.165, 1.54) is 19.8 Å². The van der Waals surface area contributed by atoms with Crippen molar-refractivity contribution in [2.24, 2.45) is 5.92 Å². The maximum Gasteiger partial charge on any atom is 0.361 e. The minimum Gasteiger partial charge on any atom is -1.00 e. The number of methoxy groups -OCH3 is 4. The lowest BCUT2D eigenvalue weighted by molar-refractivity contribution is -0.921. The number of quaternary nitrogens is 1. The van der Waals surface area contributed by atoms with Crippen molar-refractivity contribution < 1.29 is 50.0 Å². The second-order valence-electron chi connectivity index (χ2n) is 12.6. The number of benzene rings is 2. The van der Waals surface area contributed by atoms with Crippen molar-refractivity contribution in [1.29, 1.82) is 0 Å². The maximum atomic E-state index is 14.8. The van der Waals surface area contributed by atoms with Crippen molar-refractivity contribution in [2.75, 3.05) is 73.1 Å². The molecule has 0 aliphatic carbocycles. The Hall–Kier alpha value is -3.50. The molecule has 2 bridgehead atoms. The van der Waals surface area contributed by atoms with Gasteiger partial charge in [-0.2, -0.15) is 0 Å². The first-order valence-electron chi connectivity index (χ1n) is 15.5. The summed E-state index contributed by atoms with van der Waals surface area (Å²) in [6.07, 6.45) is 5.09. The van der Waals surface area contributed by atoms with Gasteiger partial charge in [-0.1, -0.05) is 31.2 Å². The molecule has 1 unspecified atom stereocenters. The van der Waals surface area contributed by atoms with E-state index < -0.39 is 5.41 Å². The number of rotatable bonds is 7. The number of nitrogens with zero attached hydrogens (tertiary/aromatic N) is 2. The van der Waals surface area contributed by atoms with Gasteiger partial charge in [-0.25, -0.2) is 4.79 Å². The number of ether oxygens (including phenoxy) is 4. The van der Waals surface area contributed by atoms with Crippen molar-refractivity contribution in [3.8, 4) is 11.5 Å². The van der Waals surface area contributed by atoms with E-state index in [0.29, 0.717) is 40.9 Å². The Bertz CT molecular complexity index is 1650. The highest BCUT2D eigenvalue weighted by Crippen LogP contribution is 2.54. The van der Waals surface area contributed by atoms with Crippen LogP contribution in [0.25, 0.3) is 10.9 Å². The molecule has 0 saturated carbocycles. The number of fused-ring (bicyclic) bond motifs is 6. The van der Waals surface area contributed by atoms with Crippen LogP contribution in [0.3, 0.4) is 0 Å². The Morgan fingerprint density at radius 1 is 1.07 bits per heavy atom. The summed E-state index contributed by atoms with van der Waals surface area (Å²) < 4.78 is 24.0. The molecule has 6 rings (SSSR count). The molecule has 1 aromatic heterocycles. The van der Waals surface area contributed by atoms with Crippen molar-refractivity contribution in [2.45, 2.75) is 38.0 Å². The highest BCUT2D eigenvalue weighted by atomic mass is 79.9. The number of hydrogen-bond acceptors (Lipinski definition) is 7. The molecule has 9 nitrogen and oxygen atoms in total. The smallest absolute Gasteiger partial charge is 0.361 e. The zero-order valence-corrected chi connectivity index (χ0v) is 28.7. The number of carbonyl (C=O) groups excluding carboxylic acids is 2. The van der Waals surface area contributed by atoms with E-state index in [0.717, 1.165) is 65.9 Å². The fourth-order valence-corrected chi connectivity index (χ4v) is 8.29. The van der Waals surface area contributed by atoms with E-state index >= 15 is 0 Å². The summed E-state index contributed by atoms with van der Waals surface area (Å²) in [4.78, 5) is 33.6. The van der Waals surface area contributed by atoms with E-state index in [1.54, 1.807) is 14.2 Å². The second-order valence-corrected chi connectivity index (χ2v) is 12.6. The summed E-state index contributed by atoms with van der Waals surface area (Å²) in [5.74, 6) is 0.645. The van der Waals surface area contributed by atoms with Gasteiger partial charge in [0, 0.05) is 59.8 Å². The van der Waals surface area contributed by atoms with Crippen molar-refractivity contribution in [1.82, 2.24) is 4.98 Å². The molecular weight excluding hydrogens is 638 g/mol. The Labute approximate surface area is 275 Å². The molecule has 0 radical (unpaired) electrons. The number of anilines is 1. The zero-order valence-electron chi connectivity index (χ0n) is 27.1. The highest BCUT2D eigenvalue weighted by Gasteiger charge is 2.54. The van der Waals surface area contributed by atoms with Crippen molar-refractivity contribution in [3.05, 3.63) is 64.4 Å². The van der Waals surface area contributed by atoms with Gasteiger partial charge in [0.2, 0.25) is 0 Å². The average Bonchev–Trinajstić information content (AvgIpc) is 3.61. The number of para-hydroxylation sites is 1. The number of hydrogen-bond donors (Lipinski definition) is 1. The molecule has 0 amide bonds. The Balaban J connectivity index is 0.00000400. The summed E-state index contributed by atoms with van der Waals surface area (Å²) >= 11 is 0. The van der Waals surface area contributed by atoms with Gasteiger partial charge in [0.1, 0.15) is 23.5 Å². The summed E-state index contributed by atoms with van der Waals surface area (Å²) in [5.41, 5.74) is 5.63. The molecule has 10 heteroatoms. The molecule has 3 atom stereocenters.